The lowest BCUT2D eigenvalue weighted by Gasteiger charge is -2.26. The summed E-state index contributed by atoms with van der Waals surface area (Å²) in [5.74, 6) is 1.09. The molecule has 1 aromatic heterocycles. The van der Waals surface area contributed by atoms with Gasteiger partial charge in [-0.1, -0.05) is 0 Å². The highest BCUT2D eigenvalue weighted by Gasteiger charge is 2.25. The second kappa shape index (κ2) is 7.44. The van der Waals surface area contributed by atoms with Crippen molar-refractivity contribution in [3.8, 4) is 17.0 Å². The van der Waals surface area contributed by atoms with Crippen LogP contribution < -0.4 is 10.1 Å². The molecule has 7 heteroatoms. The van der Waals surface area contributed by atoms with Gasteiger partial charge >= 0.3 is 0 Å². The Morgan fingerprint density at radius 2 is 2.11 bits per heavy atom. The van der Waals surface area contributed by atoms with E-state index in [2.05, 4.69) is 15.5 Å². The minimum absolute atomic E-state index is 0.219. The number of benzene rings is 2. The first-order valence-electron chi connectivity index (χ1n) is 8.56. The smallest absolute Gasteiger partial charge is 0.255 e. The minimum Gasteiger partial charge on any atom is -0.497 e. The van der Waals surface area contributed by atoms with E-state index in [1.54, 1.807) is 24.9 Å². The summed E-state index contributed by atoms with van der Waals surface area (Å²) in [6.07, 6.45) is 2.27. The lowest BCUT2D eigenvalue weighted by Crippen LogP contribution is -2.30. The van der Waals surface area contributed by atoms with Crippen molar-refractivity contribution in [3.63, 3.8) is 0 Å². The van der Waals surface area contributed by atoms with Crippen molar-refractivity contribution in [2.75, 3.05) is 12.9 Å². The monoisotopic (exact) mass is 383 g/mol. The number of nitrogens with zero attached hydrogens (tertiary/aromatic N) is 1. The van der Waals surface area contributed by atoms with E-state index in [-0.39, 0.29) is 17.8 Å². The van der Waals surface area contributed by atoms with Crippen molar-refractivity contribution in [2.24, 2.45) is 0 Å². The molecule has 0 spiro atoms. The number of hydrogen-bond acceptors (Lipinski definition) is 4. The Morgan fingerprint density at radius 3 is 2.89 bits per heavy atom. The number of nitrogens with one attached hydrogen (secondary N) is 2. The topological polar surface area (TPSA) is 67.0 Å². The van der Waals surface area contributed by atoms with Crippen LogP contribution in [0.5, 0.6) is 5.75 Å². The van der Waals surface area contributed by atoms with Gasteiger partial charge in [0.2, 0.25) is 0 Å². The summed E-state index contributed by atoms with van der Waals surface area (Å²) in [4.78, 5) is 13.9. The van der Waals surface area contributed by atoms with Crippen LogP contribution in [0.1, 0.15) is 28.4 Å². The Kier molecular flexibility index (Phi) is 4.85. The summed E-state index contributed by atoms with van der Waals surface area (Å²) in [5.41, 5.74) is 2.76. The fourth-order valence-electron chi connectivity index (χ4n) is 3.19. The minimum atomic E-state index is -0.294. The van der Waals surface area contributed by atoms with E-state index in [0.29, 0.717) is 11.3 Å². The molecule has 0 saturated carbocycles. The maximum Gasteiger partial charge on any atom is 0.255 e. The molecular weight excluding hydrogens is 365 g/mol. The highest BCUT2D eigenvalue weighted by Crippen LogP contribution is 2.36. The Bertz CT molecular complexity index is 972. The number of fused-ring (bicyclic) bond motifs is 1. The van der Waals surface area contributed by atoms with Crippen LogP contribution in [0.4, 0.5) is 4.39 Å². The highest BCUT2D eigenvalue weighted by atomic mass is 32.2. The van der Waals surface area contributed by atoms with Gasteiger partial charge in [-0.3, -0.25) is 9.89 Å². The van der Waals surface area contributed by atoms with Crippen molar-refractivity contribution in [3.05, 3.63) is 65.6 Å². The molecule has 1 aliphatic rings. The number of carbonyl (C=O) groups is 1. The first-order valence-corrected chi connectivity index (χ1v) is 9.55. The van der Waals surface area contributed by atoms with Crippen LogP contribution in [0.2, 0.25) is 0 Å². The van der Waals surface area contributed by atoms with Crippen molar-refractivity contribution in [1.82, 2.24) is 15.5 Å². The summed E-state index contributed by atoms with van der Waals surface area (Å²) in [5, 5.41) is 9.96. The molecule has 0 radical (unpaired) electrons. The molecule has 138 valence electrons. The average Bonchev–Trinajstić information content (AvgIpc) is 3.18. The van der Waals surface area contributed by atoms with Gasteiger partial charge in [-0.15, -0.1) is 11.8 Å². The molecule has 2 aromatic carbocycles. The predicted molar refractivity (Wildman–Crippen MR) is 103 cm³/mol. The third kappa shape index (κ3) is 3.55. The zero-order valence-corrected chi connectivity index (χ0v) is 15.5. The zero-order valence-electron chi connectivity index (χ0n) is 14.7. The number of carbonyl (C=O) groups excluding carboxylic acids is 1. The van der Waals surface area contributed by atoms with Crippen molar-refractivity contribution >= 4 is 17.7 Å². The fraction of sp³-hybridized carbons (Fsp3) is 0.200. The largest absolute Gasteiger partial charge is 0.497 e. The molecule has 4 rings (SSSR count). The number of ether oxygens (including phenoxy) is 1. The summed E-state index contributed by atoms with van der Waals surface area (Å²) in [6, 6.07) is 11.9. The van der Waals surface area contributed by atoms with E-state index in [4.69, 9.17) is 4.74 Å². The SMILES string of the molecule is COc1ccc(-c2[nH]ncc2C(=O)NC2CCSc3ccc(F)cc32)cc1. The number of aromatic nitrogens is 2. The van der Waals surface area contributed by atoms with Crippen LogP contribution in [0.3, 0.4) is 0 Å². The number of aromatic amines is 1. The van der Waals surface area contributed by atoms with Gasteiger partial charge in [0.1, 0.15) is 11.6 Å². The van der Waals surface area contributed by atoms with Crippen LogP contribution in [-0.4, -0.2) is 29.0 Å². The highest BCUT2D eigenvalue weighted by molar-refractivity contribution is 7.99. The Hall–Kier alpha value is -2.80. The lowest BCUT2D eigenvalue weighted by atomic mass is 10.0. The van der Waals surface area contributed by atoms with E-state index in [9.17, 15) is 9.18 Å². The van der Waals surface area contributed by atoms with Gasteiger partial charge < -0.3 is 10.1 Å². The Balaban J connectivity index is 1.59. The van der Waals surface area contributed by atoms with Gasteiger partial charge in [0.05, 0.1) is 30.6 Å². The molecular formula is C20H18FN3O2S. The molecule has 3 aromatic rings. The molecule has 2 heterocycles. The normalized spacial score (nSPS) is 15.9. The van der Waals surface area contributed by atoms with Gasteiger partial charge in [0.15, 0.2) is 0 Å². The second-order valence-corrected chi connectivity index (χ2v) is 7.37. The molecule has 2 N–H and O–H groups in total. The van der Waals surface area contributed by atoms with E-state index in [0.717, 1.165) is 33.9 Å². The number of halogens is 1. The number of methoxy groups -OCH3 is 1. The standard InChI is InChI=1S/C20H18FN3O2S/c1-26-14-5-2-12(3-6-14)19-16(11-22-24-19)20(25)23-17-8-9-27-18-7-4-13(21)10-15(17)18/h2-7,10-11,17H,8-9H2,1H3,(H,22,24)(H,23,25). The second-order valence-electron chi connectivity index (χ2n) is 6.23. The summed E-state index contributed by atoms with van der Waals surface area (Å²) < 4.78 is 18.8. The Labute approximate surface area is 160 Å². The summed E-state index contributed by atoms with van der Waals surface area (Å²) in [7, 11) is 1.60. The molecule has 0 fully saturated rings. The Morgan fingerprint density at radius 1 is 1.30 bits per heavy atom. The third-order valence-electron chi connectivity index (χ3n) is 4.58. The molecule has 1 amide bonds. The van der Waals surface area contributed by atoms with Crippen molar-refractivity contribution < 1.29 is 13.9 Å². The molecule has 1 unspecified atom stereocenters. The van der Waals surface area contributed by atoms with Crippen molar-refractivity contribution in [1.29, 1.82) is 0 Å². The molecule has 27 heavy (non-hydrogen) atoms. The summed E-state index contributed by atoms with van der Waals surface area (Å²) >= 11 is 1.68. The zero-order chi connectivity index (χ0) is 18.8. The first kappa shape index (κ1) is 17.6. The van der Waals surface area contributed by atoms with E-state index < -0.39 is 0 Å². The van der Waals surface area contributed by atoms with Gasteiger partial charge in [-0.2, -0.15) is 5.10 Å². The lowest BCUT2D eigenvalue weighted by molar-refractivity contribution is 0.0935. The van der Waals surface area contributed by atoms with Crippen molar-refractivity contribution in [2.45, 2.75) is 17.4 Å². The quantitative estimate of drug-likeness (QED) is 0.709. The van der Waals surface area contributed by atoms with Gasteiger partial charge in [0.25, 0.3) is 5.91 Å². The van der Waals surface area contributed by atoms with Crippen LogP contribution in [0, 0.1) is 5.82 Å². The van der Waals surface area contributed by atoms with E-state index in [1.807, 2.05) is 24.3 Å². The third-order valence-corrected chi connectivity index (χ3v) is 5.70. The van der Waals surface area contributed by atoms with Gasteiger partial charge in [0, 0.05) is 16.2 Å². The van der Waals surface area contributed by atoms with Crippen LogP contribution in [0.15, 0.2) is 53.6 Å². The van der Waals surface area contributed by atoms with Crippen LogP contribution in [-0.2, 0) is 0 Å². The maximum absolute atomic E-state index is 13.7. The molecule has 0 bridgehead atoms. The number of rotatable bonds is 4. The number of hydrogen-bond donors (Lipinski definition) is 2. The van der Waals surface area contributed by atoms with Crippen LogP contribution in [0.25, 0.3) is 11.3 Å². The number of amides is 1. The van der Waals surface area contributed by atoms with Gasteiger partial charge in [-0.25, -0.2) is 4.39 Å². The van der Waals surface area contributed by atoms with Crippen LogP contribution >= 0.6 is 11.8 Å². The molecule has 0 saturated heterocycles. The summed E-state index contributed by atoms with van der Waals surface area (Å²) in [6.45, 7) is 0. The van der Waals surface area contributed by atoms with Gasteiger partial charge in [-0.05, 0) is 54.4 Å². The molecule has 1 aliphatic heterocycles. The molecule has 5 nitrogen and oxygen atoms in total. The number of H-pyrrole nitrogens is 1. The average molecular weight is 383 g/mol. The molecule has 1 atom stereocenters. The predicted octanol–water partition coefficient (Wildman–Crippen LogP) is 4.19. The number of thioether (sulfide) groups is 1. The van der Waals surface area contributed by atoms with E-state index in [1.165, 1.54) is 18.3 Å². The molecule has 0 aliphatic carbocycles. The first-order chi connectivity index (χ1) is 13.2. The maximum atomic E-state index is 13.7. The van der Waals surface area contributed by atoms with E-state index >= 15 is 0 Å². The fourth-order valence-corrected chi connectivity index (χ4v) is 4.29.